The summed E-state index contributed by atoms with van der Waals surface area (Å²) in [5.74, 6) is 0.253. The van der Waals surface area contributed by atoms with Crippen molar-refractivity contribution in [3.05, 3.63) is 30.0 Å². The van der Waals surface area contributed by atoms with E-state index < -0.39 is 18.0 Å². The Balaban J connectivity index is 1.87. The topological polar surface area (TPSA) is 54.6 Å². The summed E-state index contributed by atoms with van der Waals surface area (Å²) in [7, 11) is 1.53. The molecule has 1 atom stereocenters. The van der Waals surface area contributed by atoms with Gasteiger partial charge in [0.25, 0.3) is 5.91 Å². The van der Waals surface area contributed by atoms with Crippen molar-refractivity contribution in [2.24, 2.45) is 0 Å². The van der Waals surface area contributed by atoms with Gasteiger partial charge in [-0.15, -0.1) is 13.2 Å². The largest absolute Gasteiger partial charge is 0.522 e. The Hall–Kier alpha value is -2.22. The molecule has 1 unspecified atom stereocenters. The van der Waals surface area contributed by atoms with Crippen LogP contribution in [-0.4, -0.2) is 47.5 Å². The van der Waals surface area contributed by atoms with Gasteiger partial charge in [0.1, 0.15) is 11.4 Å². The molecule has 2 aromatic rings. The van der Waals surface area contributed by atoms with Crippen molar-refractivity contribution in [2.75, 3.05) is 13.7 Å². The van der Waals surface area contributed by atoms with Gasteiger partial charge in [-0.25, -0.2) is 0 Å². The minimum atomic E-state index is -4.71. The SMILES string of the molecule is COc1cccc2[nH]c(C(=O)N3CC(OC(F)(F)F)CC3(C)C)cc12. The number of carbonyl (C=O) groups excluding carboxylic acids is 1. The number of hydrogen-bond acceptors (Lipinski definition) is 3. The summed E-state index contributed by atoms with van der Waals surface area (Å²) in [6.45, 7) is 3.35. The van der Waals surface area contributed by atoms with Crippen molar-refractivity contribution >= 4 is 16.8 Å². The normalized spacial score (nSPS) is 20.2. The molecule has 0 bridgehead atoms. The van der Waals surface area contributed by atoms with Gasteiger partial charge in [-0.05, 0) is 38.5 Å². The summed E-state index contributed by atoms with van der Waals surface area (Å²) < 4.78 is 46.9. The number of alkyl halides is 3. The monoisotopic (exact) mass is 356 g/mol. The number of ether oxygens (including phenoxy) is 2. The zero-order valence-electron chi connectivity index (χ0n) is 14.1. The zero-order chi connectivity index (χ0) is 18.4. The summed E-state index contributed by atoms with van der Waals surface area (Å²) in [4.78, 5) is 17.3. The van der Waals surface area contributed by atoms with Crippen LogP contribution in [0.25, 0.3) is 10.9 Å². The molecule has 2 heterocycles. The average molecular weight is 356 g/mol. The van der Waals surface area contributed by atoms with Crippen molar-refractivity contribution in [3.63, 3.8) is 0 Å². The van der Waals surface area contributed by atoms with Crippen LogP contribution in [0.5, 0.6) is 5.75 Å². The Bertz CT molecular complexity index is 798. The van der Waals surface area contributed by atoms with Gasteiger partial charge in [-0.3, -0.25) is 9.53 Å². The highest BCUT2D eigenvalue weighted by Gasteiger charge is 2.46. The van der Waals surface area contributed by atoms with Gasteiger partial charge in [-0.2, -0.15) is 0 Å². The van der Waals surface area contributed by atoms with E-state index >= 15 is 0 Å². The van der Waals surface area contributed by atoms with Crippen molar-refractivity contribution in [1.29, 1.82) is 0 Å². The van der Waals surface area contributed by atoms with Gasteiger partial charge >= 0.3 is 6.36 Å². The number of halogens is 3. The number of carbonyl (C=O) groups is 1. The number of rotatable bonds is 3. The van der Waals surface area contributed by atoms with Crippen LogP contribution in [0.2, 0.25) is 0 Å². The third-order valence-electron chi connectivity index (χ3n) is 4.46. The van der Waals surface area contributed by atoms with Crippen molar-refractivity contribution in [2.45, 2.75) is 38.3 Å². The first-order valence-corrected chi connectivity index (χ1v) is 7.83. The molecular weight excluding hydrogens is 337 g/mol. The quantitative estimate of drug-likeness (QED) is 0.912. The first-order chi connectivity index (χ1) is 11.6. The van der Waals surface area contributed by atoms with Crippen LogP contribution in [0.15, 0.2) is 24.3 Å². The number of nitrogens with zero attached hydrogens (tertiary/aromatic N) is 1. The van der Waals surface area contributed by atoms with Gasteiger partial charge in [0.05, 0.1) is 13.2 Å². The first kappa shape index (κ1) is 17.6. The van der Waals surface area contributed by atoms with E-state index in [0.717, 1.165) is 10.9 Å². The molecule has 25 heavy (non-hydrogen) atoms. The van der Waals surface area contributed by atoms with E-state index in [1.807, 2.05) is 0 Å². The number of methoxy groups -OCH3 is 1. The minimum Gasteiger partial charge on any atom is -0.496 e. The van der Waals surface area contributed by atoms with E-state index in [4.69, 9.17) is 4.74 Å². The second-order valence-corrected chi connectivity index (χ2v) is 6.72. The van der Waals surface area contributed by atoms with Crippen LogP contribution in [0.1, 0.15) is 30.8 Å². The van der Waals surface area contributed by atoms with E-state index in [1.165, 1.54) is 12.0 Å². The molecule has 0 saturated carbocycles. The molecule has 0 aliphatic carbocycles. The number of fused-ring (bicyclic) bond motifs is 1. The summed E-state index contributed by atoms with van der Waals surface area (Å²) in [5.41, 5.74) is 0.289. The molecule has 1 aromatic heterocycles. The third kappa shape index (κ3) is 3.44. The molecule has 1 N–H and O–H groups in total. The summed E-state index contributed by atoms with van der Waals surface area (Å²) in [6.07, 6.45) is -5.67. The van der Waals surface area contributed by atoms with E-state index in [-0.39, 0.29) is 18.9 Å². The molecule has 1 fully saturated rings. The maximum Gasteiger partial charge on any atom is 0.522 e. The molecular formula is C17H19F3N2O3. The standard InChI is InChI=1S/C17H19F3N2O3/c1-16(2)8-10(25-17(18,19)20)9-22(16)15(23)13-7-11-12(21-13)5-4-6-14(11)24-3/h4-7,10,21H,8-9H2,1-3H3. The van der Waals surface area contributed by atoms with E-state index in [0.29, 0.717) is 11.4 Å². The van der Waals surface area contributed by atoms with Crippen molar-refractivity contribution < 1.29 is 27.4 Å². The second kappa shape index (κ2) is 5.94. The second-order valence-electron chi connectivity index (χ2n) is 6.72. The fourth-order valence-corrected chi connectivity index (χ4v) is 3.37. The lowest BCUT2D eigenvalue weighted by atomic mass is 10.0. The van der Waals surface area contributed by atoms with Crippen LogP contribution in [0, 0.1) is 0 Å². The van der Waals surface area contributed by atoms with Gasteiger partial charge in [-0.1, -0.05) is 6.07 Å². The van der Waals surface area contributed by atoms with Gasteiger partial charge < -0.3 is 14.6 Å². The molecule has 1 amide bonds. The fourth-order valence-electron chi connectivity index (χ4n) is 3.37. The van der Waals surface area contributed by atoms with Crippen LogP contribution < -0.4 is 4.74 Å². The zero-order valence-corrected chi connectivity index (χ0v) is 14.1. The van der Waals surface area contributed by atoms with Crippen molar-refractivity contribution in [3.8, 4) is 5.75 Å². The van der Waals surface area contributed by atoms with Gasteiger partial charge in [0, 0.05) is 23.0 Å². The van der Waals surface area contributed by atoms with Crippen LogP contribution in [-0.2, 0) is 4.74 Å². The maximum atomic E-state index is 12.9. The number of benzene rings is 1. The number of nitrogens with one attached hydrogen (secondary N) is 1. The predicted octanol–water partition coefficient (Wildman–Crippen LogP) is 3.71. The maximum absolute atomic E-state index is 12.9. The van der Waals surface area contributed by atoms with E-state index in [2.05, 4.69) is 9.72 Å². The molecule has 0 radical (unpaired) electrons. The highest BCUT2D eigenvalue weighted by atomic mass is 19.4. The lowest BCUT2D eigenvalue weighted by Gasteiger charge is -2.30. The Labute approximate surface area is 142 Å². The molecule has 0 spiro atoms. The summed E-state index contributed by atoms with van der Waals surface area (Å²) >= 11 is 0. The Morgan fingerprint density at radius 3 is 2.72 bits per heavy atom. The molecule has 1 aromatic carbocycles. The summed E-state index contributed by atoms with van der Waals surface area (Å²) in [5, 5.41) is 0.744. The number of aromatic amines is 1. The number of amides is 1. The highest BCUT2D eigenvalue weighted by Crippen LogP contribution is 2.35. The minimum absolute atomic E-state index is 0.113. The number of hydrogen-bond donors (Lipinski definition) is 1. The molecule has 1 aliphatic rings. The number of likely N-dealkylation sites (tertiary alicyclic amines) is 1. The third-order valence-corrected chi connectivity index (χ3v) is 4.46. The van der Waals surface area contributed by atoms with Gasteiger partial charge in [0.2, 0.25) is 0 Å². The fraction of sp³-hybridized carbons (Fsp3) is 0.471. The van der Waals surface area contributed by atoms with E-state index in [9.17, 15) is 18.0 Å². The highest BCUT2D eigenvalue weighted by molar-refractivity contribution is 6.00. The van der Waals surface area contributed by atoms with Crippen LogP contribution in [0.3, 0.4) is 0 Å². The Kier molecular flexibility index (Phi) is 4.18. The number of H-pyrrole nitrogens is 1. The van der Waals surface area contributed by atoms with Crippen LogP contribution >= 0.6 is 0 Å². The summed E-state index contributed by atoms with van der Waals surface area (Å²) in [6, 6.07) is 7.03. The Morgan fingerprint density at radius 2 is 2.08 bits per heavy atom. The first-order valence-electron chi connectivity index (χ1n) is 7.83. The van der Waals surface area contributed by atoms with Crippen LogP contribution in [0.4, 0.5) is 13.2 Å². The Morgan fingerprint density at radius 1 is 1.36 bits per heavy atom. The predicted molar refractivity (Wildman–Crippen MR) is 85.5 cm³/mol. The van der Waals surface area contributed by atoms with Crippen molar-refractivity contribution in [1.82, 2.24) is 9.88 Å². The molecule has 136 valence electrons. The number of aromatic nitrogens is 1. The molecule has 8 heteroatoms. The molecule has 1 saturated heterocycles. The van der Waals surface area contributed by atoms with Gasteiger partial charge in [0.15, 0.2) is 0 Å². The molecule has 1 aliphatic heterocycles. The lowest BCUT2D eigenvalue weighted by molar-refractivity contribution is -0.340. The average Bonchev–Trinajstić information content (AvgIpc) is 3.04. The van der Waals surface area contributed by atoms with E-state index in [1.54, 1.807) is 38.1 Å². The smallest absolute Gasteiger partial charge is 0.496 e. The lowest BCUT2D eigenvalue weighted by Crippen LogP contribution is -2.43. The molecule has 5 nitrogen and oxygen atoms in total. The molecule has 3 rings (SSSR count).